The Morgan fingerprint density at radius 1 is 1.21 bits per heavy atom. The highest BCUT2D eigenvalue weighted by atomic mass is 16.5. The normalized spacial score (nSPS) is 28.1. The van der Waals surface area contributed by atoms with Gasteiger partial charge in [-0.15, -0.1) is 0 Å². The molecule has 6 heteroatoms. The van der Waals surface area contributed by atoms with E-state index >= 15 is 0 Å². The van der Waals surface area contributed by atoms with E-state index < -0.39 is 17.3 Å². The zero-order valence-electron chi connectivity index (χ0n) is 16.2. The summed E-state index contributed by atoms with van der Waals surface area (Å²) in [7, 11) is 0. The molecule has 1 aliphatic carbocycles. The molecule has 3 rings (SSSR count). The van der Waals surface area contributed by atoms with Gasteiger partial charge in [0.05, 0.1) is 50.2 Å². The largest absolute Gasteiger partial charge is 0.494 e. The Labute approximate surface area is 165 Å². The maximum atomic E-state index is 10.1. The first-order chi connectivity index (χ1) is 13.6. The fourth-order valence-corrected chi connectivity index (χ4v) is 4.62. The molecule has 0 aromatic heterocycles. The minimum absolute atomic E-state index is 0.112. The third-order valence-corrected chi connectivity index (χ3v) is 6.01. The topological polar surface area (TPSA) is 109 Å². The summed E-state index contributed by atoms with van der Waals surface area (Å²) in [6.07, 6.45) is 2.05. The van der Waals surface area contributed by atoms with E-state index in [1.54, 1.807) is 0 Å². The van der Waals surface area contributed by atoms with E-state index in [0.717, 1.165) is 30.8 Å². The highest BCUT2D eigenvalue weighted by Gasteiger charge is 2.59. The molecule has 1 aliphatic heterocycles. The number of hydrogen-bond acceptors (Lipinski definition) is 5. The van der Waals surface area contributed by atoms with Crippen LogP contribution < -0.4 is 9.64 Å². The third kappa shape index (κ3) is 2.85. The van der Waals surface area contributed by atoms with Crippen LogP contribution in [0.5, 0.6) is 5.75 Å². The molecule has 28 heavy (non-hydrogen) atoms. The van der Waals surface area contributed by atoms with E-state index in [1.165, 1.54) is 4.90 Å². The molecule has 0 saturated heterocycles. The molecule has 1 aromatic carbocycles. The summed E-state index contributed by atoms with van der Waals surface area (Å²) < 4.78 is 5.81. The van der Waals surface area contributed by atoms with Gasteiger partial charge in [-0.2, -0.15) is 15.8 Å². The number of nitriles is 3. The van der Waals surface area contributed by atoms with Gasteiger partial charge in [0, 0.05) is 17.4 Å². The van der Waals surface area contributed by atoms with Crippen molar-refractivity contribution in [3.8, 4) is 24.0 Å². The summed E-state index contributed by atoms with van der Waals surface area (Å²) in [6.45, 7) is 6.90. The minimum atomic E-state index is -1.69. The van der Waals surface area contributed by atoms with Crippen LogP contribution in [-0.4, -0.2) is 32.0 Å². The number of nitrogens with one attached hydrogen (secondary N) is 2. The Morgan fingerprint density at radius 3 is 2.54 bits per heavy atom. The molecular formula is C22H24N5O+. The average Bonchev–Trinajstić information content (AvgIpc) is 2.73. The summed E-state index contributed by atoms with van der Waals surface area (Å²) in [5.41, 5.74) is -0.158. The Bertz CT molecular complexity index is 915. The highest BCUT2D eigenvalue weighted by molar-refractivity contribution is 6.00. The second kappa shape index (κ2) is 7.85. The van der Waals surface area contributed by atoms with Crippen LogP contribution in [-0.2, 0) is 0 Å². The molecule has 1 fully saturated rings. The van der Waals surface area contributed by atoms with Gasteiger partial charge >= 0.3 is 0 Å². The van der Waals surface area contributed by atoms with E-state index in [0.29, 0.717) is 12.4 Å². The number of para-hydroxylation sites is 1. The fraction of sp³-hybridized carbons (Fsp3) is 0.455. The number of quaternary nitrogens is 1. The number of hydrogen-bond donors (Lipinski definition) is 2. The molecule has 1 aromatic rings. The zero-order valence-corrected chi connectivity index (χ0v) is 16.2. The first-order valence-electron chi connectivity index (χ1n) is 9.64. The molecule has 0 spiro atoms. The average molecular weight is 374 g/mol. The predicted molar refractivity (Wildman–Crippen MR) is 104 cm³/mol. The minimum Gasteiger partial charge on any atom is -0.494 e. The Hall–Kier alpha value is -3.14. The molecule has 1 heterocycles. The van der Waals surface area contributed by atoms with Crippen LogP contribution in [0.3, 0.4) is 0 Å². The van der Waals surface area contributed by atoms with Crippen molar-refractivity contribution in [3.05, 3.63) is 41.5 Å². The second-order valence-electron chi connectivity index (χ2n) is 7.28. The van der Waals surface area contributed by atoms with Crippen LogP contribution in [0.15, 0.2) is 35.9 Å². The fourth-order valence-electron chi connectivity index (χ4n) is 4.62. The molecular weight excluding hydrogens is 350 g/mol. The number of benzene rings is 1. The van der Waals surface area contributed by atoms with Gasteiger partial charge in [0.1, 0.15) is 11.7 Å². The number of rotatable bonds is 4. The van der Waals surface area contributed by atoms with E-state index in [9.17, 15) is 15.8 Å². The maximum absolute atomic E-state index is 10.1. The van der Waals surface area contributed by atoms with Crippen LogP contribution in [0.2, 0.25) is 0 Å². The summed E-state index contributed by atoms with van der Waals surface area (Å²) in [5, 5.41) is 38.6. The SMILES string of the molecule is CCOc1ccccc1[C@H]1[C@H]2C[NH+](CC)CC=C2C(C#N)C(=N)C1(C#N)C#N. The molecule has 1 saturated carbocycles. The van der Waals surface area contributed by atoms with E-state index in [1.807, 2.05) is 37.3 Å². The Kier molecular flexibility index (Phi) is 5.50. The van der Waals surface area contributed by atoms with Crippen LogP contribution in [0.4, 0.5) is 0 Å². The molecule has 6 nitrogen and oxygen atoms in total. The lowest BCUT2D eigenvalue weighted by Crippen LogP contribution is -3.13. The van der Waals surface area contributed by atoms with Crippen LogP contribution in [0, 0.1) is 56.7 Å². The molecule has 2 aliphatic rings. The Morgan fingerprint density at radius 2 is 1.93 bits per heavy atom. The van der Waals surface area contributed by atoms with Crippen LogP contribution in [0.1, 0.15) is 25.3 Å². The van der Waals surface area contributed by atoms with Gasteiger partial charge < -0.3 is 15.0 Å². The van der Waals surface area contributed by atoms with Gasteiger partial charge in [0.2, 0.25) is 0 Å². The van der Waals surface area contributed by atoms with Crippen molar-refractivity contribution in [2.45, 2.75) is 19.8 Å². The molecule has 2 unspecified atom stereocenters. The van der Waals surface area contributed by atoms with Crippen molar-refractivity contribution >= 4 is 5.71 Å². The standard InChI is InChI=1S/C22H23N5O/c1-3-27-10-9-15-17(11-23)21(26)22(13-24,14-25)20(18(15)12-27)16-7-5-6-8-19(16)28-4-2/h5-9,17-18,20,26H,3-4,10,12H2,1-2H3/p+1/t17?,18-,20-/m0/s1. The molecule has 142 valence electrons. The first-order valence-corrected chi connectivity index (χ1v) is 9.64. The molecule has 0 bridgehead atoms. The molecule has 0 amide bonds. The van der Waals surface area contributed by atoms with Crippen molar-refractivity contribution in [2.75, 3.05) is 26.2 Å². The maximum Gasteiger partial charge on any atom is 0.190 e. The number of ether oxygens (including phenoxy) is 1. The third-order valence-electron chi connectivity index (χ3n) is 6.01. The van der Waals surface area contributed by atoms with E-state index in [2.05, 4.69) is 25.1 Å². The second-order valence-corrected chi connectivity index (χ2v) is 7.28. The van der Waals surface area contributed by atoms with E-state index in [4.69, 9.17) is 10.1 Å². The lowest BCUT2D eigenvalue weighted by Gasteiger charge is -2.46. The smallest absolute Gasteiger partial charge is 0.190 e. The highest BCUT2D eigenvalue weighted by Crippen LogP contribution is 2.54. The lowest BCUT2D eigenvalue weighted by molar-refractivity contribution is -0.897. The summed E-state index contributed by atoms with van der Waals surface area (Å²) in [5.74, 6) is -0.895. The number of nitrogens with zero attached hydrogens (tertiary/aromatic N) is 3. The van der Waals surface area contributed by atoms with Crippen molar-refractivity contribution < 1.29 is 9.64 Å². The zero-order chi connectivity index (χ0) is 20.3. The monoisotopic (exact) mass is 374 g/mol. The summed E-state index contributed by atoms with van der Waals surface area (Å²) in [4.78, 5) is 1.34. The van der Waals surface area contributed by atoms with Gasteiger partial charge in [-0.25, -0.2) is 0 Å². The Balaban J connectivity index is 2.27. The van der Waals surface area contributed by atoms with Crippen molar-refractivity contribution in [2.24, 2.45) is 17.3 Å². The summed E-state index contributed by atoms with van der Waals surface area (Å²) in [6, 6.07) is 13.9. The van der Waals surface area contributed by atoms with E-state index in [-0.39, 0.29) is 11.6 Å². The van der Waals surface area contributed by atoms with Gasteiger partial charge in [0.15, 0.2) is 5.41 Å². The van der Waals surface area contributed by atoms with Crippen LogP contribution >= 0.6 is 0 Å². The molecule has 4 atom stereocenters. The lowest BCUT2D eigenvalue weighted by atomic mass is 9.54. The van der Waals surface area contributed by atoms with Crippen molar-refractivity contribution in [1.82, 2.24) is 0 Å². The van der Waals surface area contributed by atoms with Gasteiger partial charge in [-0.3, -0.25) is 0 Å². The van der Waals surface area contributed by atoms with Crippen LogP contribution in [0.25, 0.3) is 0 Å². The van der Waals surface area contributed by atoms with Gasteiger partial charge in [-0.1, -0.05) is 18.2 Å². The van der Waals surface area contributed by atoms with Gasteiger partial charge in [0.25, 0.3) is 0 Å². The number of fused-ring (bicyclic) bond motifs is 1. The van der Waals surface area contributed by atoms with Crippen molar-refractivity contribution in [3.63, 3.8) is 0 Å². The summed E-state index contributed by atoms with van der Waals surface area (Å²) >= 11 is 0. The molecule has 0 radical (unpaired) electrons. The predicted octanol–water partition coefficient (Wildman–Crippen LogP) is 1.84. The molecule has 2 N–H and O–H groups in total. The van der Waals surface area contributed by atoms with Crippen molar-refractivity contribution in [1.29, 1.82) is 21.2 Å². The quantitative estimate of drug-likeness (QED) is 0.784. The number of likely N-dealkylation sites (N-methyl/N-ethyl adjacent to an activating group) is 1. The first kappa shape index (κ1) is 19.6. The van der Waals surface area contributed by atoms with Gasteiger partial charge in [-0.05, 0) is 31.6 Å².